The van der Waals surface area contributed by atoms with Crippen molar-refractivity contribution < 1.29 is 24.2 Å². The summed E-state index contributed by atoms with van der Waals surface area (Å²) in [5, 5.41) is 9.24. The minimum Gasteiger partial charge on any atom is -0.481 e. The first-order chi connectivity index (χ1) is 11.5. The minimum absolute atomic E-state index is 0.0590. The lowest BCUT2D eigenvalue weighted by Gasteiger charge is -2.24. The van der Waals surface area contributed by atoms with E-state index in [0.717, 1.165) is 5.56 Å². The highest BCUT2D eigenvalue weighted by Gasteiger charge is 2.29. The van der Waals surface area contributed by atoms with Gasteiger partial charge in [-0.2, -0.15) is 0 Å². The summed E-state index contributed by atoms with van der Waals surface area (Å²) in [5.74, 6) is -0.0439. The van der Waals surface area contributed by atoms with Crippen LogP contribution in [0.25, 0.3) is 0 Å². The van der Waals surface area contributed by atoms with E-state index in [1.807, 2.05) is 18.2 Å². The SMILES string of the molecule is N[C@@H]1CC[C@H](C(=O)O)CN(C(=O)CCc2ccc3c(c2)OCO3)C1. The Hall–Kier alpha value is -2.28. The van der Waals surface area contributed by atoms with Gasteiger partial charge in [0, 0.05) is 25.6 Å². The Morgan fingerprint density at radius 3 is 2.79 bits per heavy atom. The van der Waals surface area contributed by atoms with Crippen LogP contribution in [0.5, 0.6) is 11.5 Å². The molecule has 7 heteroatoms. The van der Waals surface area contributed by atoms with Crippen LogP contribution < -0.4 is 15.2 Å². The third-order valence-electron chi connectivity index (χ3n) is 4.55. The number of carbonyl (C=O) groups is 2. The molecule has 1 fully saturated rings. The van der Waals surface area contributed by atoms with Gasteiger partial charge in [0.2, 0.25) is 12.7 Å². The summed E-state index contributed by atoms with van der Waals surface area (Å²) in [6, 6.07) is 5.47. The number of amides is 1. The summed E-state index contributed by atoms with van der Waals surface area (Å²) >= 11 is 0. The molecule has 1 aromatic carbocycles. The van der Waals surface area contributed by atoms with Crippen molar-refractivity contribution in [2.45, 2.75) is 31.7 Å². The fourth-order valence-corrected chi connectivity index (χ4v) is 3.13. The molecule has 1 saturated heterocycles. The topological polar surface area (TPSA) is 102 Å². The van der Waals surface area contributed by atoms with Crippen molar-refractivity contribution in [1.29, 1.82) is 0 Å². The number of fused-ring (bicyclic) bond motifs is 1. The van der Waals surface area contributed by atoms with Crippen LogP contribution in [0.3, 0.4) is 0 Å². The Morgan fingerprint density at radius 1 is 1.21 bits per heavy atom. The van der Waals surface area contributed by atoms with Crippen LogP contribution in [0, 0.1) is 5.92 Å². The molecule has 3 N–H and O–H groups in total. The summed E-state index contributed by atoms with van der Waals surface area (Å²) in [4.78, 5) is 25.4. The summed E-state index contributed by atoms with van der Waals surface area (Å²) in [7, 11) is 0. The molecule has 0 spiro atoms. The third kappa shape index (κ3) is 3.79. The Bertz CT molecular complexity index is 633. The smallest absolute Gasteiger partial charge is 0.308 e. The van der Waals surface area contributed by atoms with Gasteiger partial charge in [0.25, 0.3) is 0 Å². The second kappa shape index (κ2) is 7.09. The number of aryl methyl sites for hydroxylation is 1. The average Bonchev–Trinajstić information content (AvgIpc) is 2.93. The molecule has 130 valence electrons. The predicted molar refractivity (Wildman–Crippen MR) is 85.8 cm³/mol. The number of likely N-dealkylation sites (tertiary alicyclic amines) is 1. The largest absolute Gasteiger partial charge is 0.481 e. The van der Waals surface area contributed by atoms with Crippen molar-refractivity contribution in [2.24, 2.45) is 11.7 Å². The van der Waals surface area contributed by atoms with Crippen LogP contribution >= 0.6 is 0 Å². The molecular formula is C17H22N2O5. The van der Waals surface area contributed by atoms with Crippen LogP contribution in [0.2, 0.25) is 0 Å². The van der Waals surface area contributed by atoms with Crippen LogP contribution in [-0.4, -0.2) is 47.8 Å². The number of benzene rings is 1. The van der Waals surface area contributed by atoms with Crippen LogP contribution in [-0.2, 0) is 16.0 Å². The molecule has 24 heavy (non-hydrogen) atoms. The van der Waals surface area contributed by atoms with E-state index in [2.05, 4.69) is 0 Å². The molecule has 0 bridgehead atoms. The number of hydrogen-bond donors (Lipinski definition) is 2. The van der Waals surface area contributed by atoms with Gasteiger partial charge in [-0.05, 0) is 37.0 Å². The summed E-state index contributed by atoms with van der Waals surface area (Å²) in [6.07, 6.45) is 2.03. The number of nitrogens with zero attached hydrogens (tertiary/aromatic N) is 1. The van der Waals surface area contributed by atoms with Gasteiger partial charge in [0.1, 0.15) is 0 Å². The molecule has 2 heterocycles. The molecule has 0 unspecified atom stereocenters. The predicted octanol–water partition coefficient (Wildman–Crippen LogP) is 0.998. The molecule has 0 aliphatic carbocycles. The zero-order valence-electron chi connectivity index (χ0n) is 13.4. The number of rotatable bonds is 4. The van der Waals surface area contributed by atoms with Crippen molar-refractivity contribution in [1.82, 2.24) is 4.90 Å². The number of hydrogen-bond acceptors (Lipinski definition) is 5. The molecule has 1 amide bonds. The van der Waals surface area contributed by atoms with Gasteiger partial charge in [0.05, 0.1) is 5.92 Å². The maximum Gasteiger partial charge on any atom is 0.308 e. The lowest BCUT2D eigenvalue weighted by atomic mass is 10.0. The molecule has 2 aliphatic rings. The van der Waals surface area contributed by atoms with E-state index in [4.69, 9.17) is 15.2 Å². The van der Waals surface area contributed by atoms with Gasteiger partial charge in [-0.15, -0.1) is 0 Å². The zero-order chi connectivity index (χ0) is 17.1. The Kier molecular flexibility index (Phi) is 4.89. The molecule has 7 nitrogen and oxygen atoms in total. The Morgan fingerprint density at radius 2 is 2.00 bits per heavy atom. The van der Waals surface area contributed by atoms with Crippen LogP contribution in [0.15, 0.2) is 18.2 Å². The molecule has 2 aliphatic heterocycles. The molecule has 2 atom stereocenters. The Labute approximate surface area is 140 Å². The first-order valence-corrected chi connectivity index (χ1v) is 8.17. The molecule has 0 aromatic heterocycles. The molecular weight excluding hydrogens is 312 g/mol. The lowest BCUT2D eigenvalue weighted by Crippen LogP contribution is -2.41. The second-order valence-corrected chi connectivity index (χ2v) is 6.36. The van der Waals surface area contributed by atoms with E-state index in [1.54, 1.807) is 4.90 Å². The first-order valence-electron chi connectivity index (χ1n) is 8.17. The second-order valence-electron chi connectivity index (χ2n) is 6.36. The van der Waals surface area contributed by atoms with E-state index in [-0.39, 0.29) is 25.3 Å². The van der Waals surface area contributed by atoms with Gasteiger partial charge in [0.15, 0.2) is 11.5 Å². The first kappa shape index (κ1) is 16.6. The van der Waals surface area contributed by atoms with Crippen molar-refractivity contribution in [2.75, 3.05) is 19.9 Å². The summed E-state index contributed by atoms with van der Waals surface area (Å²) in [6.45, 7) is 0.882. The maximum absolute atomic E-state index is 12.5. The molecule has 0 radical (unpaired) electrons. The van der Waals surface area contributed by atoms with E-state index in [0.29, 0.717) is 43.7 Å². The van der Waals surface area contributed by atoms with Gasteiger partial charge in [-0.3, -0.25) is 9.59 Å². The molecule has 1 aromatic rings. The van der Waals surface area contributed by atoms with Gasteiger partial charge in [-0.1, -0.05) is 6.07 Å². The highest BCUT2D eigenvalue weighted by Crippen LogP contribution is 2.32. The van der Waals surface area contributed by atoms with Gasteiger partial charge < -0.3 is 25.2 Å². The molecule has 0 saturated carbocycles. The highest BCUT2D eigenvalue weighted by atomic mass is 16.7. The normalized spacial score (nSPS) is 23.0. The third-order valence-corrected chi connectivity index (χ3v) is 4.55. The minimum atomic E-state index is -0.863. The number of carbonyl (C=O) groups excluding carboxylic acids is 1. The summed E-state index contributed by atoms with van der Waals surface area (Å²) < 4.78 is 10.6. The quantitative estimate of drug-likeness (QED) is 0.851. The number of carboxylic acids is 1. The van der Waals surface area contributed by atoms with Gasteiger partial charge >= 0.3 is 5.97 Å². The standard InChI is InChI=1S/C17H22N2O5/c18-13-4-3-12(17(21)22)8-19(9-13)16(20)6-2-11-1-5-14-15(7-11)24-10-23-14/h1,5,7,12-13H,2-4,6,8-10,18H2,(H,21,22)/t12-,13+/m0/s1. The maximum atomic E-state index is 12.5. The number of ether oxygens (including phenoxy) is 2. The van der Waals surface area contributed by atoms with Crippen LogP contribution in [0.1, 0.15) is 24.8 Å². The lowest BCUT2D eigenvalue weighted by molar-refractivity contribution is -0.143. The van der Waals surface area contributed by atoms with Gasteiger partial charge in [-0.25, -0.2) is 0 Å². The zero-order valence-corrected chi connectivity index (χ0v) is 13.4. The number of nitrogens with two attached hydrogens (primary N) is 1. The highest BCUT2D eigenvalue weighted by molar-refractivity contribution is 5.78. The van der Waals surface area contributed by atoms with Crippen LogP contribution in [0.4, 0.5) is 0 Å². The fourth-order valence-electron chi connectivity index (χ4n) is 3.13. The van der Waals surface area contributed by atoms with Crippen molar-refractivity contribution in [3.8, 4) is 11.5 Å². The number of aliphatic carboxylic acids is 1. The van der Waals surface area contributed by atoms with E-state index >= 15 is 0 Å². The van der Waals surface area contributed by atoms with Crippen molar-refractivity contribution in [3.05, 3.63) is 23.8 Å². The van der Waals surface area contributed by atoms with E-state index in [1.165, 1.54) is 0 Å². The average molecular weight is 334 g/mol. The summed E-state index contributed by atoms with van der Waals surface area (Å²) in [5.41, 5.74) is 6.96. The van der Waals surface area contributed by atoms with E-state index < -0.39 is 11.9 Å². The molecule has 3 rings (SSSR count). The monoisotopic (exact) mass is 334 g/mol. The van der Waals surface area contributed by atoms with E-state index in [9.17, 15) is 14.7 Å². The fraction of sp³-hybridized carbons (Fsp3) is 0.529. The number of carboxylic acid groups (broad SMARTS) is 1. The Balaban J connectivity index is 1.60. The van der Waals surface area contributed by atoms with Crippen molar-refractivity contribution in [3.63, 3.8) is 0 Å². The van der Waals surface area contributed by atoms with Crippen molar-refractivity contribution >= 4 is 11.9 Å².